The van der Waals surface area contributed by atoms with E-state index in [1.807, 2.05) is 30.9 Å². The van der Waals surface area contributed by atoms with E-state index in [1.54, 1.807) is 36.5 Å². The molecule has 2 aliphatic heterocycles. The van der Waals surface area contributed by atoms with E-state index in [1.165, 1.54) is 10.2 Å². The lowest BCUT2D eigenvalue weighted by atomic mass is 9.77. The van der Waals surface area contributed by atoms with E-state index in [0.29, 0.717) is 21.2 Å². The minimum atomic E-state index is -3.90. The van der Waals surface area contributed by atoms with E-state index in [2.05, 4.69) is 25.9 Å². The van der Waals surface area contributed by atoms with Crippen molar-refractivity contribution in [2.24, 2.45) is 5.41 Å². The summed E-state index contributed by atoms with van der Waals surface area (Å²) in [5.41, 5.74) is 4.63. The van der Waals surface area contributed by atoms with Gasteiger partial charge in [-0.1, -0.05) is 29.8 Å². The zero-order valence-corrected chi connectivity index (χ0v) is 22.1. The summed E-state index contributed by atoms with van der Waals surface area (Å²) >= 11 is 3.36. The first-order chi connectivity index (χ1) is 17.2. The summed E-state index contributed by atoms with van der Waals surface area (Å²) in [6.07, 6.45) is 3.03. The quantitative estimate of drug-likeness (QED) is 0.367. The minimum Gasteiger partial charge on any atom is -0.380 e. The maximum Gasteiger partial charge on any atom is 0.269 e. The van der Waals surface area contributed by atoms with Crippen LogP contribution in [0.4, 0.5) is 0 Å². The molecule has 0 radical (unpaired) electrons. The summed E-state index contributed by atoms with van der Waals surface area (Å²) in [6.45, 7) is 6.69. The van der Waals surface area contributed by atoms with Crippen LogP contribution in [0.1, 0.15) is 21.5 Å². The molecule has 1 spiro atoms. The Morgan fingerprint density at radius 2 is 1.81 bits per heavy atom. The number of carbonyl (C=O) groups is 1. The van der Waals surface area contributed by atoms with Crippen LogP contribution in [0.2, 0.25) is 0 Å². The summed E-state index contributed by atoms with van der Waals surface area (Å²) in [5.74, 6) is 0.00323. The van der Waals surface area contributed by atoms with E-state index in [0.717, 1.165) is 43.0 Å². The number of likely N-dealkylation sites (tertiary alicyclic amines) is 1. The molecule has 0 aliphatic carbocycles. The molecule has 6 rings (SSSR count). The SMILES string of the molecule is Cc1ccc(S(=O)(=O)n2cc(-c3ccc(C(=O)N4CC5(COC5)C4)c(C)c3)c3nc(Br)cnc32)cc1. The molecule has 0 saturated carbocycles. The minimum absolute atomic E-state index is 0.00323. The average molecular weight is 567 g/mol. The maximum absolute atomic E-state index is 13.5. The van der Waals surface area contributed by atoms with Gasteiger partial charge in [-0.2, -0.15) is 0 Å². The van der Waals surface area contributed by atoms with E-state index in [-0.39, 0.29) is 21.9 Å². The Morgan fingerprint density at radius 1 is 1.08 bits per heavy atom. The largest absolute Gasteiger partial charge is 0.380 e. The second kappa shape index (κ2) is 8.22. The summed E-state index contributed by atoms with van der Waals surface area (Å²) in [6, 6.07) is 12.2. The Hall–Kier alpha value is -3.08. The number of carbonyl (C=O) groups excluding carboxylic acids is 1. The Bertz CT molecular complexity index is 1630. The lowest BCUT2D eigenvalue weighted by Gasteiger charge is -2.55. The molecule has 4 heterocycles. The molecular weight excluding hydrogens is 544 g/mol. The first-order valence-electron chi connectivity index (χ1n) is 11.5. The van der Waals surface area contributed by atoms with Crippen molar-refractivity contribution in [3.8, 4) is 11.1 Å². The van der Waals surface area contributed by atoms with Gasteiger partial charge in [-0.15, -0.1) is 0 Å². The topological polar surface area (TPSA) is 94.4 Å². The summed E-state index contributed by atoms with van der Waals surface area (Å²) in [4.78, 5) is 24.0. The van der Waals surface area contributed by atoms with Crippen LogP contribution in [0.25, 0.3) is 22.3 Å². The van der Waals surface area contributed by atoms with Gasteiger partial charge in [-0.25, -0.2) is 22.4 Å². The van der Waals surface area contributed by atoms with Crippen molar-refractivity contribution in [1.29, 1.82) is 0 Å². The molecule has 8 nitrogen and oxygen atoms in total. The van der Waals surface area contributed by atoms with Gasteiger partial charge in [0.25, 0.3) is 15.9 Å². The highest BCUT2D eigenvalue weighted by atomic mass is 79.9. The van der Waals surface area contributed by atoms with Crippen LogP contribution in [-0.2, 0) is 14.8 Å². The number of aryl methyl sites for hydroxylation is 2. The summed E-state index contributed by atoms with van der Waals surface area (Å²) in [7, 11) is -3.90. The summed E-state index contributed by atoms with van der Waals surface area (Å²) < 4.78 is 34.0. The fraction of sp³-hybridized carbons (Fsp3) is 0.269. The molecule has 0 bridgehead atoms. The fourth-order valence-electron chi connectivity index (χ4n) is 4.88. The van der Waals surface area contributed by atoms with E-state index < -0.39 is 10.0 Å². The molecule has 2 aromatic heterocycles. The fourth-order valence-corrected chi connectivity index (χ4v) is 6.48. The zero-order chi connectivity index (χ0) is 25.2. The van der Waals surface area contributed by atoms with Crippen molar-refractivity contribution in [2.75, 3.05) is 26.3 Å². The van der Waals surface area contributed by atoms with Gasteiger partial charge in [0.1, 0.15) is 10.1 Å². The number of aromatic nitrogens is 3. The number of amides is 1. The van der Waals surface area contributed by atoms with Crippen LogP contribution in [0.5, 0.6) is 0 Å². The Balaban J connectivity index is 1.40. The molecule has 0 atom stereocenters. The monoisotopic (exact) mass is 566 g/mol. The van der Waals surface area contributed by atoms with Gasteiger partial charge in [-0.3, -0.25) is 4.79 Å². The lowest BCUT2D eigenvalue weighted by Crippen LogP contribution is -2.67. The van der Waals surface area contributed by atoms with Crippen LogP contribution >= 0.6 is 15.9 Å². The van der Waals surface area contributed by atoms with Gasteiger partial charge in [-0.05, 0) is 59.1 Å². The number of benzene rings is 2. The van der Waals surface area contributed by atoms with Crippen LogP contribution in [0.15, 0.2) is 64.4 Å². The number of nitrogens with zero attached hydrogens (tertiary/aromatic N) is 4. The number of hydrogen-bond acceptors (Lipinski definition) is 6. The van der Waals surface area contributed by atoms with Crippen molar-refractivity contribution in [3.05, 3.63) is 76.2 Å². The Kier molecular flexibility index (Phi) is 5.33. The Morgan fingerprint density at radius 3 is 2.44 bits per heavy atom. The smallest absolute Gasteiger partial charge is 0.269 e. The first kappa shape index (κ1) is 23.3. The van der Waals surface area contributed by atoms with Crippen LogP contribution < -0.4 is 0 Å². The number of hydrogen-bond donors (Lipinski definition) is 0. The highest BCUT2D eigenvalue weighted by Crippen LogP contribution is 2.39. The number of rotatable bonds is 4. The highest BCUT2D eigenvalue weighted by Gasteiger charge is 2.50. The predicted molar refractivity (Wildman–Crippen MR) is 138 cm³/mol. The summed E-state index contributed by atoms with van der Waals surface area (Å²) in [5, 5.41) is 0. The average Bonchev–Trinajstić information content (AvgIpc) is 3.17. The van der Waals surface area contributed by atoms with Crippen molar-refractivity contribution in [3.63, 3.8) is 0 Å². The molecule has 2 aromatic carbocycles. The van der Waals surface area contributed by atoms with Crippen LogP contribution in [0.3, 0.4) is 0 Å². The lowest BCUT2D eigenvalue weighted by molar-refractivity contribution is -0.176. The number of halogens is 1. The highest BCUT2D eigenvalue weighted by molar-refractivity contribution is 9.10. The molecule has 1 amide bonds. The normalized spacial score (nSPS) is 16.7. The third-order valence-electron chi connectivity index (χ3n) is 6.94. The second-order valence-corrected chi connectivity index (χ2v) is 12.3. The van der Waals surface area contributed by atoms with Crippen LogP contribution in [-0.4, -0.2) is 59.5 Å². The van der Waals surface area contributed by atoms with Crippen molar-refractivity contribution in [2.45, 2.75) is 18.7 Å². The first-order valence-corrected chi connectivity index (χ1v) is 13.7. The molecule has 2 fully saturated rings. The second-order valence-electron chi connectivity index (χ2n) is 9.71. The van der Waals surface area contributed by atoms with Gasteiger partial charge >= 0.3 is 0 Å². The molecule has 184 valence electrons. The van der Waals surface area contributed by atoms with E-state index >= 15 is 0 Å². The molecule has 4 aromatic rings. The standard InChI is InChI=1S/C26H23BrN4O4S/c1-16-3-6-19(7-4-16)36(33,34)31-11-21(23-24(31)28-10-22(27)29-23)18-5-8-20(17(2)9-18)25(32)30-12-26(13-30)14-35-15-26/h3-11H,12-15H2,1-2H3. The Labute approximate surface area is 217 Å². The van der Waals surface area contributed by atoms with Crippen molar-refractivity contribution < 1.29 is 17.9 Å². The van der Waals surface area contributed by atoms with Gasteiger partial charge in [0.05, 0.1) is 29.7 Å². The van der Waals surface area contributed by atoms with Crippen molar-refractivity contribution >= 4 is 43.0 Å². The third-order valence-corrected chi connectivity index (χ3v) is 8.98. The third kappa shape index (κ3) is 3.66. The molecule has 10 heteroatoms. The maximum atomic E-state index is 13.5. The number of ether oxygens (including phenoxy) is 1. The van der Waals surface area contributed by atoms with E-state index in [4.69, 9.17) is 4.74 Å². The molecular formula is C26H23BrN4O4S. The van der Waals surface area contributed by atoms with Crippen molar-refractivity contribution in [1.82, 2.24) is 18.8 Å². The molecule has 36 heavy (non-hydrogen) atoms. The molecule has 2 saturated heterocycles. The van der Waals surface area contributed by atoms with Gasteiger partial charge in [0.15, 0.2) is 5.65 Å². The predicted octanol–water partition coefficient (Wildman–Crippen LogP) is 4.19. The van der Waals surface area contributed by atoms with E-state index in [9.17, 15) is 13.2 Å². The zero-order valence-electron chi connectivity index (χ0n) is 19.7. The molecule has 2 aliphatic rings. The van der Waals surface area contributed by atoms with Gasteiger partial charge < -0.3 is 9.64 Å². The number of fused-ring (bicyclic) bond motifs is 1. The van der Waals surface area contributed by atoms with Gasteiger partial charge in [0, 0.05) is 30.4 Å². The molecule has 0 unspecified atom stereocenters. The van der Waals surface area contributed by atoms with Gasteiger partial charge in [0.2, 0.25) is 0 Å². The molecule has 0 N–H and O–H groups in total. The van der Waals surface area contributed by atoms with Crippen LogP contribution in [0, 0.1) is 19.3 Å².